The topological polar surface area (TPSA) is 55.8 Å². The highest BCUT2D eigenvalue weighted by atomic mass is 35.5. The van der Waals surface area contributed by atoms with Gasteiger partial charge in [-0.1, -0.05) is 58.0 Å². The number of imide groups is 1. The monoisotopic (exact) mass is 539 g/mol. The Morgan fingerprint density at radius 2 is 1.48 bits per heavy atom. The summed E-state index contributed by atoms with van der Waals surface area (Å²) in [7, 11) is 0. The number of hydrogen-bond acceptors (Lipinski definition) is 4. The predicted molar refractivity (Wildman–Crippen MR) is 110 cm³/mol. The first kappa shape index (κ1) is 21.4. The average molecular weight is 542 g/mol. The molecule has 2 aliphatic carbocycles. The summed E-state index contributed by atoms with van der Waals surface area (Å²) < 4.78 is 4.31. The largest absolute Gasteiger partial charge is 0.373 e. The molecule has 5 rings (SSSR count). The number of hydrogen-bond donors (Lipinski definition) is 0. The Labute approximate surface area is 201 Å². The number of nitrogens with zero attached hydrogens (tertiary/aromatic N) is 1. The molecule has 3 saturated heterocycles. The average Bonchev–Trinajstić information content (AvgIpc) is 3.33. The van der Waals surface area contributed by atoms with E-state index in [0.717, 1.165) is 5.06 Å². The second kappa shape index (κ2) is 6.33. The van der Waals surface area contributed by atoms with Crippen LogP contribution in [0.25, 0.3) is 0 Å². The molecule has 158 valence electrons. The molecule has 12 heteroatoms. The van der Waals surface area contributed by atoms with Crippen molar-refractivity contribution in [1.29, 1.82) is 0 Å². The number of fused-ring (bicyclic) bond motifs is 12. The highest BCUT2D eigenvalue weighted by Crippen LogP contribution is 2.81. The van der Waals surface area contributed by atoms with Crippen molar-refractivity contribution < 1.29 is 19.2 Å². The third-order valence-corrected chi connectivity index (χ3v) is 11.2. The van der Waals surface area contributed by atoms with Gasteiger partial charge in [0.1, 0.15) is 9.75 Å². The van der Waals surface area contributed by atoms with Gasteiger partial charge in [-0.15, -0.1) is 23.2 Å². The summed E-state index contributed by atoms with van der Waals surface area (Å²) in [5.41, 5.74) is 0. The molecule has 3 heterocycles. The number of allylic oxidation sites excluding steroid dienone is 3. The Bertz CT molecular complexity index is 859. The van der Waals surface area contributed by atoms with Crippen LogP contribution in [-0.2, 0) is 19.2 Å². The van der Waals surface area contributed by atoms with E-state index < -0.39 is 61.8 Å². The summed E-state index contributed by atoms with van der Waals surface area (Å²) in [5, 5.41) is 1.33. The first-order valence-electron chi connectivity index (χ1n) is 8.72. The first-order chi connectivity index (χ1) is 13.4. The van der Waals surface area contributed by atoms with Crippen molar-refractivity contribution in [2.24, 2.45) is 23.7 Å². The van der Waals surface area contributed by atoms with Gasteiger partial charge in [0.2, 0.25) is 0 Å². The van der Waals surface area contributed by atoms with Crippen molar-refractivity contribution in [3.8, 4) is 0 Å². The molecule has 3 aliphatic heterocycles. The van der Waals surface area contributed by atoms with Gasteiger partial charge in [0.25, 0.3) is 11.8 Å². The summed E-state index contributed by atoms with van der Waals surface area (Å²) in [5.74, 6) is -3.81. The molecule has 4 bridgehead atoms. The Kier molecular flexibility index (Phi) is 4.68. The molecule has 1 saturated carbocycles. The second-order valence-electron chi connectivity index (χ2n) is 7.85. The van der Waals surface area contributed by atoms with Gasteiger partial charge in [0.15, 0.2) is 4.33 Å². The SMILES string of the molecule is C/C(Cl)=C\CON1C(=O)[C@@H]2[C@H]3O[C@@H]([C@@H]2C1=O)[C@@H]1[C@@H]3[C@@]2(Cl)C(Cl)=C(Cl)[C@@]1(Cl)C2(Cl)Cl. The lowest BCUT2D eigenvalue weighted by molar-refractivity contribution is -0.189. The van der Waals surface area contributed by atoms with Crippen LogP contribution >= 0.6 is 81.2 Å². The molecule has 5 nitrogen and oxygen atoms in total. The normalized spacial score (nSPS) is 49.5. The molecule has 2 amide bonds. The smallest absolute Gasteiger partial charge is 0.260 e. The van der Waals surface area contributed by atoms with Gasteiger partial charge in [-0.3, -0.25) is 14.4 Å². The number of carbonyl (C=O) groups excluding carboxylic acids is 2. The summed E-state index contributed by atoms with van der Waals surface area (Å²) in [6.07, 6.45) is 0.0362. The number of ether oxygens (including phenoxy) is 1. The highest BCUT2D eigenvalue weighted by molar-refractivity contribution is 6.65. The zero-order valence-electron chi connectivity index (χ0n) is 14.5. The second-order valence-corrected chi connectivity index (χ2v) is 11.7. The van der Waals surface area contributed by atoms with Gasteiger partial charge in [-0.2, -0.15) is 5.06 Å². The lowest BCUT2D eigenvalue weighted by atomic mass is 9.65. The standard InChI is InChI=1S/C17H12Cl7NO4/c1-4(18)2-3-28-25-13(26)5-6(14(25)27)10-8-7(9(5)29-10)15(21)11(19)12(20)16(8,22)17(15,23)24/h2,5-10H,3H2,1H3/b4-2+/t5-,6+,7-,8-,9+,10-,15+,16+/m0/s1. The van der Waals surface area contributed by atoms with Crippen molar-refractivity contribution in [3.05, 3.63) is 21.2 Å². The minimum Gasteiger partial charge on any atom is -0.373 e. The van der Waals surface area contributed by atoms with Crippen LogP contribution in [0.2, 0.25) is 0 Å². The van der Waals surface area contributed by atoms with E-state index in [2.05, 4.69) is 0 Å². The van der Waals surface area contributed by atoms with E-state index in [9.17, 15) is 9.59 Å². The first-order valence-corrected chi connectivity index (χ1v) is 11.4. The Morgan fingerprint density at radius 3 is 1.90 bits per heavy atom. The van der Waals surface area contributed by atoms with Crippen LogP contribution in [-0.4, -0.2) is 49.8 Å². The zero-order valence-corrected chi connectivity index (χ0v) is 19.8. The van der Waals surface area contributed by atoms with Crippen molar-refractivity contribution >= 4 is 93.0 Å². The van der Waals surface area contributed by atoms with Gasteiger partial charge >= 0.3 is 0 Å². The van der Waals surface area contributed by atoms with Crippen LogP contribution in [0, 0.1) is 23.7 Å². The van der Waals surface area contributed by atoms with Crippen LogP contribution < -0.4 is 0 Å². The van der Waals surface area contributed by atoms with Crippen LogP contribution in [0.5, 0.6) is 0 Å². The van der Waals surface area contributed by atoms with Gasteiger partial charge in [-0.05, 0) is 13.0 Å². The zero-order chi connectivity index (χ0) is 21.3. The van der Waals surface area contributed by atoms with E-state index in [1.807, 2.05) is 0 Å². The lowest BCUT2D eigenvalue weighted by Crippen LogP contribution is -2.50. The fourth-order valence-corrected chi connectivity index (χ4v) is 8.75. The summed E-state index contributed by atoms with van der Waals surface area (Å²) >= 11 is 45.6. The quantitative estimate of drug-likeness (QED) is 0.389. The van der Waals surface area contributed by atoms with Crippen LogP contribution in [0.15, 0.2) is 21.2 Å². The Hall–Kier alpha value is 0.570. The molecule has 5 aliphatic rings. The molecule has 0 aromatic rings. The van der Waals surface area contributed by atoms with Gasteiger partial charge in [0, 0.05) is 16.9 Å². The Balaban J connectivity index is 1.54. The van der Waals surface area contributed by atoms with Crippen LogP contribution in [0.4, 0.5) is 0 Å². The summed E-state index contributed by atoms with van der Waals surface area (Å²) in [6, 6.07) is 0. The summed E-state index contributed by atoms with van der Waals surface area (Å²) in [6.45, 7) is 1.63. The van der Waals surface area contributed by atoms with Gasteiger partial charge in [0.05, 0.1) is 40.7 Å². The fourth-order valence-electron chi connectivity index (χ4n) is 5.62. The maximum atomic E-state index is 13.0. The van der Waals surface area contributed by atoms with E-state index in [-0.39, 0.29) is 16.7 Å². The molecule has 0 radical (unpaired) electrons. The molecule has 0 spiro atoms. The van der Waals surface area contributed by atoms with Crippen LogP contribution in [0.1, 0.15) is 6.92 Å². The van der Waals surface area contributed by atoms with E-state index in [1.165, 1.54) is 6.08 Å². The maximum absolute atomic E-state index is 13.0. The number of hydroxylamine groups is 2. The lowest BCUT2D eigenvalue weighted by Gasteiger charge is -2.39. The molecule has 8 atom stereocenters. The molecule has 0 aromatic heterocycles. The minimum atomic E-state index is -1.74. The van der Waals surface area contributed by atoms with Crippen molar-refractivity contribution in [2.45, 2.75) is 33.2 Å². The minimum absolute atomic E-state index is 0.0279. The third-order valence-electron chi connectivity index (χ3n) is 6.71. The van der Waals surface area contributed by atoms with Crippen LogP contribution in [0.3, 0.4) is 0 Å². The van der Waals surface area contributed by atoms with Crippen molar-refractivity contribution in [1.82, 2.24) is 5.06 Å². The number of amides is 2. The van der Waals surface area contributed by atoms with Gasteiger partial charge < -0.3 is 4.74 Å². The predicted octanol–water partition coefficient (Wildman–Crippen LogP) is 4.52. The molecule has 0 unspecified atom stereocenters. The van der Waals surface area contributed by atoms with Gasteiger partial charge in [-0.25, -0.2) is 0 Å². The number of halogens is 7. The third kappa shape index (κ3) is 2.16. The molecule has 4 fully saturated rings. The molecule has 29 heavy (non-hydrogen) atoms. The van der Waals surface area contributed by atoms with Crippen molar-refractivity contribution in [2.75, 3.05) is 6.61 Å². The fraction of sp³-hybridized carbons (Fsp3) is 0.647. The Morgan fingerprint density at radius 1 is 1.03 bits per heavy atom. The number of rotatable bonds is 3. The van der Waals surface area contributed by atoms with E-state index in [1.54, 1.807) is 6.92 Å². The van der Waals surface area contributed by atoms with E-state index >= 15 is 0 Å². The van der Waals surface area contributed by atoms with E-state index in [4.69, 9.17) is 90.8 Å². The maximum Gasteiger partial charge on any atom is 0.260 e. The molecule has 0 aromatic carbocycles. The molecular formula is C17H12Cl7NO4. The highest BCUT2D eigenvalue weighted by Gasteiger charge is 2.90. The number of carbonyl (C=O) groups is 2. The molecular weight excluding hydrogens is 530 g/mol. The van der Waals surface area contributed by atoms with E-state index in [0.29, 0.717) is 5.03 Å². The van der Waals surface area contributed by atoms with Crippen molar-refractivity contribution in [3.63, 3.8) is 0 Å². The molecule has 0 N–H and O–H groups in total. The number of alkyl halides is 4. The summed E-state index contributed by atoms with van der Waals surface area (Å²) in [4.78, 5) is 28.2.